The predicted molar refractivity (Wildman–Crippen MR) is 86.5 cm³/mol. The molecule has 0 saturated carbocycles. The molecule has 1 aliphatic heterocycles. The maximum Gasteiger partial charge on any atom is 0.320 e. The van der Waals surface area contributed by atoms with Crippen LogP contribution in [0, 0.1) is 11.6 Å². The zero-order chi connectivity index (χ0) is 18.9. The molecule has 1 aliphatic rings. The van der Waals surface area contributed by atoms with Gasteiger partial charge in [-0.1, -0.05) is 36.4 Å². The van der Waals surface area contributed by atoms with Crippen molar-refractivity contribution in [1.29, 1.82) is 0 Å². The molecule has 0 radical (unpaired) electrons. The van der Waals surface area contributed by atoms with E-state index in [9.17, 15) is 22.0 Å². The highest BCUT2D eigenvalue weighted by molar-refractivity contribution is 7.86. The maximum absolute atomic E-state index is 14.3. The zero-order valence-electron chi connectivity index (χ0n) is 13.2. The highest BCUT2D eigenvalue weighted by Crippen LogP contribution is 2.39. The van der Waals surface area contributed by atoms with E-state index in [1.54, 1.807) is 18.2 Å². The number of carbonyl (C=O) groups is 1. The number of rotatable bonds is 5. The van der Waals surface area contributed by atoms with Gasteiger partial charge in [0.05, 0.1) is 5.56 Å². The highest BCUT2D eigenvalue weighted by Gasteiger charge is 2.53. The first-order chi connectivity index (χ1) is 12.2. The molecule has 1 atom stereocenters. The summed E-state index contributed by atoms with van der Waals surface area (Å²) in [7, 11) is -4.43. The van der Waals surface area contributed by atoms with Gasteiger partial charge >= 0.3 is 5.79 Å². The summed E-state index contributed by atoms with van der Waals surface area (Å²) in [6.07, 6.45) is 0.752. The summed E-state index contributed by atoms with van der Waals surface area (Å²) in [6, 6.07) is 10.9. The van der Waals surface area contributed by atoms with E-state index in [4.69, 9.17) is 14.7 Å². The standard InChI is InChI=1S/C17H13F2NO5S/c18-13-8-4-7-12(16(13)19)17(14(21)9-15(20)24-17)25-26(22,23)10-11-5-2-1-3-6-11/h1-9H,10,20H2. The molecule has 0 aromatic heterocycles. The number of carbonyl (C=O) groups excluding carboxylic acids is 1. The lowest BCUT2D eigenvalue weighted by molar-refractivity contribution is -0.170. The normalized spacial score (nSPS) is 19.9. The second kappa shape index (κ2) is 6.50. The van der Waals surface area contributed by atoms with Crippen molar-refractivity contribution in [3.8, 4) is 0 Å². The van der Waals surface area contributed by atoms with Gasteiger partial charge in [-0.3, -0.25) is 4.79 Å². The second-order valence-corrected chi connectivity index (χ2v) is 7.07. The third-order valence-electron chi connectivity index (χ3n) is 3.60. The number of ketones is 1. The molecular formula is C17H13F2NO5S. The minimum Gasteiger partial charge on any atom is -0.434 e. The monoisotopic (exact) mass is 381 g/mol. The number of halogens is 2. The first-order valence-electron chi connectivity index (χ1n) is 7.36. The van der Waals surface area contributed by atoms with Crippen molar-refractivity contribution in [2.24, 2.45) is 5.73 Å². The zero-order valence-corrected chi connectivity index (χ0v) is 14.0. The van der Waals surface area contributed by atoms with Gasteiger partial charge < -0.3 is 10.5 Å². The Bertz CT molecular complexity index is 991. The molecule has 2 N–H and O–H groups in total. The van der Waals surface area contributed by atoms with Crippen LogP contribution in [0.5, 0.6) is 0 Å². The number of nitrogens with two attached hydrogens (primary N) is 1. The summed E-state index contributed by atoms with van der Waals surface area (Å²) >= 11 is 0. The van der Waals surface area contributed by atoms with E-state index >= 15 is 0 Å². The van der Waals surface area contributed by atoms with Gasteiger partial charge in [-0.15, -0.1) is 0 Å². The minimum absolute atomic E-state index is 0.369. The van der Waals surface area contributed by atoms with Crippen LogP contribution in [0.1, 0.15) is 11.1 Å². The molecule has 136 valence electrons. The Morgan fingerprint density at radius 2 is 1.77 bits per heavy atom. The van der Waals surface area contributed by atoms with Crippen LogP contribution in [0.4, 0.5) is 8.78 Å². The van der Waals surface area contributed by atoms with Crippen molar-refractivity contribution >= 4 is 15.9 Å². The largest absolute Gasteiger partial charge is 0.434 e. The molecular weight excluding hydrogens is 368 g/mol. The third kappa shape index (κ3) is 3.31. The van der Waals surface area contributed by atoms with Crippen molar-refractivity contribution in [1.82, 2.24) is 0 Å². The summed E-state index contributed by atoms with van der Waals surface area (Å²) in [5, 5.41) is 0. The van der Waals surface area contributed by atoms with Crippen LogP contribution < -0.4 is 5.73 Å². The summed E-state index contributed by atoms with van der Waals surface area (Å²) < 4.78 is 62.8. The Morgan fingerprint density at radius 3 is 2.38 bits per heavy atom. The lowest BCUT2D eigenvalue weighted by atomic mass is 10.0. The van der Waals surface area contributed by atoms with E-state index in [-0.39, 0.29) is 0 Å². The van der Waals surface area contributed by atoms with Gasteiger partial charge in [0.25, 0.3) is 10.1 Å². The fraction of sp³-hybridized carbons (Fsp3) is 0.118. The van der Waals surface area contributed by atoms with Crippen LogP contribution in [0.3, 0.4) is 0 Å². The Hall–Kier alpha value is -2.78. The molecule has 3 rings (SSSR count). The summed E-state index contributed by atoms with van der Waals surface area (Å²) in [5.74, 6) is -7.68. The van der Waals surface area contributed by atoms with Gasteiger partial charge in [-0.05, 0) is 17.7 Å². The smallest absolute Gasteiger partial charge is 0.320 e. The average molecular weight is 381 g/mol. The van der Waals surface area contributed by atoms with Gasteiger partial charge in [0.2, 0.25) is 5.78 Å². The maximum atomic E-state index is 14.3. The van der Waals surface area contributed by atoms with Crippen LogP contribution in [-0.4, -0.2) is 14.2 Å². The van der Waals surface area contributed by atoms with Crippen molar-refractivity contribution in [2.75, 3.05) is 0 Å². The van der Waals surface area contributed by atoms with Crippen molar-refractivity contribution in [2.45, 2.75) is 11.5 Å². The molecule has 1 heterocycles. The molecule has 2 aromatic rings. The fourth-order valence-electron chi connectivity index (χ4n) is 2.51. The van der Waals surface area contributed by atoms with Crippen molar-refractivity contribution < 1.29 is 30.9 Å². The molecule has 0 fully saturated rings. The van der Waals surface area contributed by atoms with Gasteiger partial charge in [0.15, 0.2) is 17.5 Å². The summed E-state index contributed by atoms with van der Waals surface area (Å²) in [6.45, 7) is 0. The summed E-state index contributed by atoms with van der Waals surface area (Å²) in [5.41, 5.74) is 5.07. The van der Waals surface area contributed by atoms with E-state index in [0.717, 1.165) is 24.3 Å². The number of ether oxygens (including phenoxy) is 1. The lowest BCUT2D eigenvalue weighted by Gasteiger charge is -2.27. The molecule has 0 amide bonds. The number of hydrogen-bond donors (Lipinski definition) is 1. The number of hydrogen-bond acceptors (Lipinski definition) is 6. The quantitative estimate of drug-likeness (QED) is 0.797. The lowest BCUT2D eigenvalue weighted by Crippen LogP contribution is -2.40. The van der Waals surface area contributed by atoms with Crippen LogP contribution >= 0.6 is 0 Å². The Morgan fingerprint density at radius 1 is 1.08 bits per heavy atom. The molecule has 0 spiro atoms. The molecule has 2 aromatic carbocycles. The van der Waals surface area contributed by atoms with E-state index in [1.165, 1.54) is 12.1 Å². The predicted octanol–water partition coefficient (Wildman–Crippen LogP) is 2.06. The van der Waals surface area contributed by atoms with E-state index in [0.29, 0.717) is 5.56 Å². The van der Waals surface area contributed by atoms with E-state index in [1.807, 2.05) is 0 Å². The van der Waals surface area contributed by atoms with Gasteiger partial charge in [-0.2, -0.15) is 8.42 Å². The molecule has 1 unspecified atom stereocenters. The number of benzene rings is 2. The van der Waals surface area contributed by atoms with Gasteiger partial charge in [0, 0.05) is 6.08 Å². The third-order valence-corrected chi connectivity index (χ3v) is 4.77. The molecule has 0 bridgehead atoms. The van der Waals surface area contributed by atoms with E-state index < -0.39 is 50.5 Å². The molecule has 9 heteroatoms. The Kier molecular flexibility index (Phi) is 4.51. The van der Waals surface area contributed by atoms with Crippen LogP contribution in [0.2, 0.25) is 0 Å². The first kappa shape index (κ1) is 18.0. The Labute approximate surface area is 148 Å². The van der Waals surface area contributed by atoms with Crippen molar-refractivity contribution in [3.63, 3.8) is 0 Å². The first-order valence-corrected chi connectivity index (χ1v) is 8.93. The SMILES string of the molecule is NC1=CC(=O)C(OS(=O)(=O)Cc2ccccc2)(c2cccc(F)c2F)O1. The molecule has 0 saturated heterocycles. The minimum atomic E-state index is -4.43. The molecule has 0 aliphatic carbocycles. The highest BCUT2D eigenvalue weighted by atomic mass is 32.2. The second-order valence-electron chi connectivity index (χ2n) is 5.50. The average Bonchev–Trinajstić information content (AvgIpc) is 2.84. The molecule has 6 nitrogen and oxygen atoms in total. The van der Waals surface area contributed by atoms with Crippen LogP contribution in [0.25, 0.3) is 0 Å². The van der Waals surface area contributed by atoms with Crippen LogP contribution in [-0.2, 0) is 35.4 Å². The van der Waals surface area contributed by atoms with Crippen LogP contribution in [0.15, 0.2) is 60.5 Å². The van der Waals surface area contributed by atoms with Gasteiger partial charge in [-0.25, -0.2) is 13.0 Å². The summed E-state index contributed by atoms with van der Waals surface area (Å²) in [4.78, 5) is 12.3. The van der Waals surface area contributed by atoms with E-state index in [2.05, 4.69) is 0 Å². The Balaban J connectivity index is 2.03. The van der Waals surface area contributed by atoms with Crippen molar-refractivity contribution in [3.05, 3.63) is 83.3 Å². The fourth-order valence-corrected chi connectivity index (χ4v) is 3.73. The van der Waals surface area contributed by atoms with Gasteiger partial charge in [0.1, 0.15) is 5.75 Å². The molecule has 26 heavy (non-hydrogen) atoms. The topological polar surface area (TPSA) is 95.7 Å².